The summed E-state index contributed by atoms with van der Waals surface area (Å²) in [5.41, 5.74) is 5.11. The van der Waals surface area contributed by atoms with E-state index in [1.54, 1.807) is 0 Å². The summed E-state index contributed by atoms with van der Waals surface area (Å²) in [7, 11) is 0. The van der Waals surface area contributed by atoms with Crippen LogP contribution >= 0.6 is 11.3 Å². The second kappa shape index (κ2) is 4.34. The highest BCUT2D eigenvalue weighted by atomic mass is 32.1. The number of ether oxygens (including phenoxy) is 1. The van der Waals surface area contributed by atoms with Gasteiger partial charge in [0.05, 0.1) is 12.1 Å². The summed E-state index contributed by atoms with van der Waals surface area (Å²) in [6.07, 6.45) is 1.86. The number of amides is 1. The number of aromatic nitrogens is 2. The zero-order valence-corrected chi connectivity index (χ0v) is 9.84. The number of carbonyl (C=O) groups excluding carboxylic acids is 1. The van der Waals surface area contributed by atoms with Gasteiger partial charge in [-0.2, -0.15) is 0 Å². The molecule has 0 radical (unpaired) electrons. The Labute approximate surface area is 97.2 Å². The van der Waals surface area contributed by atoms with Crippen LogP contribution < -0.4 is 11.1 Å². The van der Waals surface area contributed by atoms with Crippen LogP contribution in [0.4, 0.5) is 5.13 Å². The van der Waals surface area contributed by atoms with Crippen LogP contribution in [0.2, 0.25) is 0 Å². The molecular weight excluding hydrogens is 228 g/mol. The van der Waals surface area contributed by atoms with Gasteiger partial charge in [-0.3, -0.25) is 4.79 Å². The van der Waals surface area contributed by atoms with Crippen molar-refractivity contribution in [3.05, 3.63) is 5.01 Å². The van der Waals surface area contributed by atoms with Crippen LogP contribution in [0.15, 0.2) is 0 Å². The van der Waals surface area contributed by atoms with E-state index in [0.717, 1.165) is 30.8 Å². The van der Waals surface area contributed by atoms with Crippen molar-refractivity contribution in [1.82, 2.24) is 15.5 Å². The Morgan fingerprint density at radius 2 is 2.44 bits per heavy atom. The van der Waals surface area contributed by atoms with Crippen molar-refractivity contribution >= 4 is 22.4 Å². The lowest BCUT2D eigenvalue weighted by Gasteiger charge is -2.33. The fraction of sp³-hybridized carbons (Fsp3) is 0.667. The van der Waals surface area contributed by atoms with Gasteiger partial charge in [0, 0.05) is 6.61 Å². The van der Waals surface area contributed by atoms with Gasteiger partial charge in [0.25, 0.3) is 5.91 Å². The third-order valence-electron chi connectivity index (χ3n) is 2.49. The Hall–Kier alpha value is -1.21. The number of hydrogen-bond donors (Lipinski definition) is 2. The first-order valence-electron chi connectivity index (χ1n) is 5.08. The molecule has 1 unspecified atom stereocenters. The molecule has 16 heavy (non-hydrogen) atoms. The molecule has 6 nitrogen and oxygen atoms in total. The largest absolute Gasteiger partial charge is 0.379 e. The van der Waals surface area contributed by atoms with Crippen molar-refractivity contribution in [2.75, 3.05) is 18.9 Å². The van der Waals surface area contributed by atoms with Gasteiger partial charge in [0.15, 0.2) is 0 Å². The molecule has 1 aliphatic heterocycles. The predicted octanol–water partition coefficient (Wildman–Crippen LogP) is 0.419. The van der Waals surface area contributed by atoms with Gasteiger partial charge >= 0.3 is 0 Å². The molecule has 1 aromatic rings. The molecule has 0 spiro atoms. The molecule has 0 bridgehead atoms. The molecule has 1 fully saturated rings. The van der Waals surface area contributed by atoms with Gasteiger partial charge in [-0.15, -0.1) is 10.2 Å². The molecule has 1 saturated heterocycles. The van der Waals surface area contributed by atoms with Crippen LogP contribution in [0.1, 0.15) is 29.6 Å². The van der Waals surface area contributed by atoms with Crippen LogP contribution in [0.5, 0.6) is 0 Å². The Balaban J connectivity index is 2.01. The fourth-order valence-corrected chi connectivity index (χ4v) is 2.19. The summed E-state index contributed by atoms with van der Waals surface area (Å²) in [6, 6.07) is 0. The zero-order valence-electron chi connectivity index (χ0n) is 9.02. The summed E-state index contributed by atoms with van der Waals surface area (Å²) in [5.74, 6) is -0.234. The molecule has 1 amide bonds. The number of nitrogens with two attached hydrogens (primary N) is 1. The van der Waals surface area contributed by atoms with Crippen LogP contribution in [0.25, 0.3) is 0 Å². The van der Waals surface area contributed by atoms with Crippen molar-refractivity contribution in [2.24, 2.45) is 0 Å². The van der Waals surface area contributed by atoms with Gasteiger partial charge in [-0.25, -0.2) is 0 Å². The van der Waals surface area contributed by atoms with E-state index in [1.807, 2.05) is 6.92 Å². The lowest BCUT2D eigenvalue weighted by molar-refractivity contribution is 0.0272. The number of nitrogen functional groups attached to an aromatic ring is 1. The summed E-state index contributed by atoms with van der Waals surface area (Å²) in [6.45, 7) is 3.26. The number of nitrogens with zero attached hydrogens (tertiary/aromatic N) is 2. The van der Waals surface area contributed by atoms with E-state index in [9.17, 15) is 4.79 Å². The van der Waals surface area contributed by atoms with E-state index in [-0.39, 0.29) is 11.4 Å². The van der Waals surface area contributed by atoms with Gasteiger partial charge in [-0.05, 0) is 19.8 Å². The van der Waals surface area contributed by atoms with E-state index in [1.165, 1.54) is 0 Å². The molecule has 0 saturated carbocycles. The highest BCUT2D eigenvalue weighted by Gasteiger charge is 2.30. The molecule has 2 heterocycles. The number of nitrogens with one attached hydrogen (secondary N) is 1. The molecule has 1 aliphatic rings. The van der Waals surface area contributed by atoms with Crippen molar-refractivity contribution in [2.45, 2.75) is 25.3 Å². The van der Waals surface area contributed by atoms with E-state index >= 15 is 0 Å². The molecule has 7 heteroatoms. The molecule has 0 aliphatic carbocycles. The average molecular weight is 242 g/mol. The lowest BCUT2D eigenvalue weighted by atomic mass is 9.95. The van der Waals surface area contributed by atoms with Crippen LogP contribution in [0, 0.1) is 0 Å². The molecule has 0 aromatic carbocycles. The van der Waals surface area contributed by atoms with E-state index in [4.69, 9.17) is 10.5 Å². The van der Waals surface area contributed by atoms with Gasteiger partial charge < -0.3 is 15.8 Å². The summed E-state index contributed by atoms with van der Waals surface area (Å²) in [5, 5.41) is 10.8. The first-order valence-corrected chi connectivity index (χ1v) is 5.90. The predicted molar refractivity (Wildman–Crippen MR) is 60.2 cm³/mol. The normalized spacial score (nSPS) is 25.3. The minimum Gasteiger partial charge on any atom is -0.379 e. The average Bonchev–Trinajstić information content (AvgIpc) is 2.65. The minimum atomic E-state index is -0.310. The monoisotopic (exact) mass is 242 g/mol. The molecule has 88 valence electrons. The standard InChI is InChI=1S/C9H14N4O2S/c1-9(3-2-4-15-5-9)11-6(14)7-12-13-8(10)16-7/h2-5H2,1H3,(H2,10,13)(H,11,14). The number of rotatable bonds is 2. The quantitative estimate of drug-likeness (QED) is 0.784. The summed E-state index contributed by atoms with van der Waals surface area (Å²) in [4.78, 5) is 11.8. The minimum absolute atomic E-state index is 0.234. The smallest absolute Gasteiger partial charge is 0.282 e. The lowest BCUT2D eigenvalue weighted by Crippen LogP contribution is -2.51. The van der Waals surface area contributed by atoms with Crippen molar-refractivity contribution in [3.63, 3.8) is 0 Å². The maximum absolute atomic E-state index is 11.8. The molecular formula is C9H14N4O2S. The fourth-order valence-electron chi connectivity index (χ4n) is 1.69. The van der Waals surface area contributed by atoms with Crippen molar-refractivity contribution in [3.8, 4) is 0 Å². The Morgan fingerprint density at radius 1 is 1.62 bits per heavy atom. The highest BCUT2D eigenvalue weighted by Crippen LogP contribution is 2.19. The van der Waals surface area contributed by atoms with Crippen molar-refractivity contribution in [1.29, 1.82) is 0 Å². The third-order valence-corrected chi connectivity index (χ3v) is 3.24. The second-order valence-electron chi connectivity index (χ2n) is 4.12. The van der Waals surface area contributed by atoms with E-state index < -0.39 is 0 Å². The van der Waals surface area contributed by atoms with Crippen molar-refractivity contribution < 1.29 is 9.53 Å². The maximum atomic E-state index is 11.8. The zero-order chi connectivity index (χ0) is 11.6. The Bertz CT molecular complexity index is 387. The SMILES string of the molecule is CC1(NC(=O)c2nnc(N)s2)CCCOC1. The number of anilines is 1. The Kier molecular flexibility index (Phi) is 3.06. The van der Waals surface area contributed by atoms with Crippen LogP contribution in [-0.4, -0.2) is 34.9 Å². The molecule has 1 aromatic heterocycles. The van der Waals surface area contributed by atoms with Crippen LogP contribution in [-0.2, 0) is 4.74 Å². The Morgan fingerprint density at radius 3 is 3.00 bits per heavy atom. The van der Waals surface area contributed by atoms with Gasteiger partial charge in [0.2, 0.25) is 10.1 Å². The summed E-state index contributed by atoms with van der Waals surface area (Å²) < 4.78 is 5.36. The third kappa shape index (κ3) is 2.48. The molecule has 3 N–H and O–H groups in total. The van der Waals surface area contributed by atoms with E-state index in [0.29, 0.717) is 16.7 Å². The second-order valence-corrected chi connectivity index (χ2v) is 5.13. The number of hydrogen-bond acceptors (Lipinski definition) is 6. The first-order chi connectivity index (χ1) is 7.59. The topological polar surface area (TPSA) is 90.1 Å². The maximum Gasteiger partial charge on any atom is 0.282 e. The summed E-state index contributed by atoms with van der Waals surface area (Å²) >= 11 is 1.09. The van der Waals surface area contributed by atoms with Crippen LogP contribution in [0.3, 0.4) is 0 Å². The number of carbonyl (C=O) groups is 1. The first kappa shape index (κ1) is 11.3. The van der Waals surface area contributed by atoms with Gasteiger partial charge in [0.1, 0.15) is 0 Å². The highest BCUT2D eigenvalue weighted by molar-refractivity contribution is 7.16. The van der Waals surface area contributed by atoms with E-state index in [2.05, 4.69) is 15.5 Å². The molecule has 1 atom stereocenters. The molecule has 2 rings (SSSR count). The van der Waals surface area contributed by atoms with Gasteiger partial charge in [-0.1, -0.05) is 11.3 Å².